The third kappa shape index (κ3) is 5.69. The summed E-state index contributed by atoms with van der Waals surface area (Å²) in [5.74, 6) is 0. The Morgan fingerprint density at radius 1 is 1.20 bits per heavy atom. The Balaban J connectivity index is 1.76. The number of ether oxygens (including phenoxy) is 2. The number of nitrogens with zero attached hydrogens (tertiary/aromatic N) is 1. The van der Waals surface area contributed by atoms with Crippen LogP contribution in [0, 0.1) is 6.92 Å². The number of likely N-dealkylation sites (tertiary alicyclic amines) is 1. The molecule has 0 aromatic heterocycles. The van der Waals surface area contributed by atoms with E-state index in [2.05, 4.69) is 0 Å². The second-order valence-electron chi connectivity index (χ2n) is 6.88. The van der Waals surface area contributed by atoms with Crippen LogP contribution in [0.15, 0.2) is 29.2 Å². The molecule has 1 heterocycles. The molecular formula is C17H25NO6S. The molecule has 1 unspecified atom stereocenters. The molecule has 0 bridgehead atoms. The lowest BCUT2D eigenvalue weighted by atomic mass is 10.2. The first kappa shape index (κ1) is 19.7. The maximum Gasteiger partial charge on any atom is 0.412 e. The molecule has 0 N–H and O–H groups in total. The predicted molar refractivity (Wildman–Crippen MR) is 91.6 cm³/mol. The minimum Gasteiger partial charge on any atom is -0.444 e. The zero-order valence-corrected chi connectivity index (χ0v) is 15.8. The SMILES string of the molecule is Cc1ccc(S(=O)(=O)OCCOC2CCN2C(=O)OC(C)(C)C)cc1. The minimum absolute atomic E-state index is 0.0645. The molecule has 0 radical (unpaired) electrons. The van der Waals surface area contributed by atoms with Crippen LogP contribution >= 0.6 is 0 Å². The number of carbonyl (C=O) groups is 1. The maximum absolute atomic E-state index is 12.0. The lowest BCUT2D eigenvalue weighted by molar-refractivity contribution is -0.121. The zero-order valence-electron chi connectivity index (χ0n) is 15.0. The van der Waals surface area contributed by atoms with Gasteiger partial charge in [-0.1, -0.05) is 17.7 Å². The molecule has 1 aliphatic rings. The van der Waals surface area contributed by atoms with Crippen molar-refractivity contribution in [2.24, 2.45) is 0 Å². The zero-order chi connectivity index (χ0) is 18.7. The number of hydrogen-bond donors (Lipinski definition) is 0. The summed E-state index contributed by atoms with van der Waals surface area (Å²) in [5, 5.41) is 0. The standard InChI is InChI=1S/C17H25NO6S/c1-13-5-7-14(8-6-13)25(20,21)23-12-11-22-15-9-10-18(15)16(19)24-17(2,3)4/h5-8,15H,9-12H2,1-4H3. The van der Waals surface area contributed by atoms with Crippen LogP contribution in [0.3, 0.4) is 0 Å². The van der Waals surface area contributed by atoms with Crippen molar-refractivity contribution in [3.8, 4) is 0 Å². The summed E-state index contributed by atoms with van der Waals surface area (Å²) in [6, 6.07) is 6.42. The molecule has 25 heavy (non-hydrogen) atoms. The first-order chi connectivity index (χ1) is 11.6. The average molecular weight is 371 g/mol. The van der Waals surface area contributed by atoms with E-state index in [1.165, 1.54) is 17.0 Å². The van der Waals surface area contributed by atoms with Crippen molar-refractivity contribution in [2.45, 2.75) is 50.8 Å². The third-order valence-corrected chi connectivity index (χ3v) is 4.86. The molecule has 1 atom stereocenters. The second-order valence-corrected chi connectivity index (χ2v) is 8.49. The van der Waals surface area contributed by atoms with Gasteiger partial charge >= 0.3 is 6.09 Å². The molecule has 1 amide bonds. The van der Waals surface area contributed by atoms with Crippen molar-refractivity contribution < 1.29 is 26.9 Å². The van der Waals surface area contributed by atoms with Gasteiger partial charge in [0.15, 0.2) is 0 Å². The van der Waals surface area contributed by atoms with Gasteiger partial charge < -0.3 is 9.47 Å². The van der Waals surface area contributed by atoms with Crippen LogP contribution in [0.5, 0.6) is 0 Å². The van der Waals surface area contributed by atoms with Crippen molar-refractivity contribution in [1.29, 1.82) is 0 Å². The van der Waals surface area contributed by atoms with Crippen molar-refractivity contribution in [2.75, 3.05) is 19.8 Å². The number of amides is 1. The Morgan fingerprint density at radius 2 is 1.84 bits per heavy atom. The maximum atomic E-state index is 12.0. The molecule has 1 aliphatic heterocycles. The van der Waals surface area contributed by atoms with Crippen LogP contribution in [0.2, 0.25) is 0 Å². The summed E-state index contributed by atoms with van der Waals surface area (Å²) in [6.07, 6.45) is -0.151. The number of carbonyl (C=O) groups excluding carboxylic acids is 1. The fourth-order valence-corrected chi connectivity index (χ4v) is 3.06. The van der Waals surface area contributed by atoms with Crippen molar-refractivity contribution in [3.63, 3.8) is 0 Å². The van der Waals surface area contributed by atoms with Crippen molar-refractivity contribution in [1.82, 2.24) is 4.90 Å². The van der Waals surface area contributed by atoms with Gasteiger partial charge in [-0.2, -0.15) is 8.42 Å². The van der Waals surface area contributed by atoms with E-state index in [1.807, 2.05) is 6.92 Å². The monoisotopic (exact) mass is 371 g/mol. The van der Waals surface area contributed by atoms with E-state index >= 15 is 0 Å². The van der Waals surface area contributed by atoms with Gasteiger partial charge in [-0.05, 0) is 39.8 Å². The van der Waals surface area contributed by atoms with E-state index in [0.29, 0.717) is 13.0 Å². The van der Waals surface area contributed by atoms with Gasteiger partial charge in [0.25, 0.3) is 10.1 Å². The largest absolute Gasteiger partial charge is 0.444 e. The van der Waals surface area contributed by atoms with Crippen LogP contribution in [0.4, 0.5) is 4.79 Å². The Morgan fingerprint density at radius 3 is 2.36 bits per heavy atom. The third-order valence-electron chi connectivity index (χ3n) is 3.53. The Labute approximate surface area is 149 Å². The van der Waals surface area contributed by atoms with E-state index in [1.54, 1.807) is 32.9 Å². The molecule has 7 nitrogen and oxygen atoms in total. The van der Waals surface area contributed by atoms with E-state index in [4.69, 9.17) is 13.7 Å². The molecular weight excluding hydrogens is 346 g/mol. The molecule has 140 valence electrons. The smallest absolute Gasteiger partial charge is 0.412 e. The highest BCUT2D eigenvalue weighted by Gasteiger charge is 2.35. The van der Waals surface area contributed by atoms with Gasteiger partial charge in [-0.3, -0.25) is 9.08 Å². The predicted octanol–water partition coefficient (Wildman–Crippen LogP) is 2.68. The number of rotatable bonds is 6. The summed E-state index contributed by atoms with van der Waals surface area (Å²) < 4.78 is 39.8. The summed E-state index contributed by atoms with van der Waals surface area (Å²) in [4.78, 5) is 13.5. The van der Waals surface area contributed by atoms with Gasteiger partial charge in [0.05, 0.1) is 18.1 Å². The Bertz CT molecular complexity index is 693. The molecule has 1 saturated heterocycles. The molecule has 1 aromatic rings. The molecule has 8 heteroatoms. The van der Waals surface area contributed by atoms with Crippen molar-refractivity contribution in [3.05, 3.63) is 29.8 Å². The topological polar surface area (TPSA) is 82.1 Å². The van der Waals surface area contributed by atoms with E-state index in [-0.39, 0.29) is 18.1 Å². The second kappa shape index (κ2) is 7.72. The lowest BCUT2D eigenvalue weighted by Gasteiger charge is -2.40. The molecule has 1 fully saturated rings. The summed E-state index contributed by atoms with van der Waals surface area (Å²) in [7, 11) is -3.80. The fourth-order valence-electron chi connectivity index (χ4n) is 2.17. The van der Waals surface area contributed by atoms with Crippen LogP contribution in [-0.2, 0) is 23.8 Å². The highest BCUT2D eigenvalue weighted by atomic mass is 32.2. The van der Waals surface area contributed by atoms with E-state index < -0.39 is 28.0 Å². The first-order valence-corrected chi connectivity index (χ1v) is 9.57. The number of aryl methyl sites for hydroxylation is 1. The minimum atomic E-state index is -3.80. The van der Waals surface area contributed by atoms with Gasteiger partial charge in [0.1, 0.15) is 11.8 Å². The summed E-state index contributed by atoms with van der Waals surface area (Å²) >= 11 is 0. The van der Waals surface area contributed by atoms with Gasteiger partial charge in [0.2, 0.25) is 0 Å². The number of benzene rings is 1. The van der Waals surface area contributed by atoms with Crippen LogP contribution < -0.4 is 0 Å². The highest BCUT2D eigenvalue weighted by molar-refractivity contribution is 7.86. The van der Waals surface area contributed by atoms with Crippen LogP contribution in [0.1, 0.15) is 32.8 Å². The summed E-state index contributed by atoms with van der Waals surface area (Å²) in [6.45, 7) is 7.77. The molecule has 2 rings (SSSR count). The quantitative estimate of drug-likeness (QED) is 0.565. The molecule has 0 aliphatic carbocycles. The highest BCUT2D eigenvalue weighted by Crippen LogP contribution is 2.22. The normalized spacial score (nSPS) is 17.9. The average Bonchev–Trinajstić information content (AvgIpc) is 2.44. The van der Waals surface area contributed by atoms with Crippen molar-refractivity contribution >= 4 is 16.2 Å². The lowest BCUT2D eigenvalue weighted by Crippen LogP contribution is -2.54. The van der Waals surface area contributed by atoms with E-state index in [0.717, 1.165) is 5.56 Å². The number of hydrogen-bond acceptors (Lipinski definition) is 6. The molecule has 0 spiro atoms. The van der Waals surface area contributed by atoms with Crippen LogP contribution in [-0.4, -0.2) is 51.0 Å². The van der Waals surface area contributed by atoms with Crippen LogP contribution in [0.25, 0.3) is 0 Å². The fraction of sp³-hybridized carbons (Fsp3) is 0.588. The Hall–Kier alpha value is -1.64. The molecule has 1 aromatic carbocycles. The van der Waals surface area contributed by atoms with Gasteiger partial charge in [-0.25, -0.2) is 4.79 Å². The first-order valence-electron chi connectivity index (χ1n) is 8.16. The van der Waals surface area contributed by atoms with Gasteiger partial charge in [0, 0.05) is 13.0 Å². The van der Waals surface area contributed by atoms with Gasteiger partial charge in [-0.15, -0.1) is 0 Å². The Kier molecular flexibility index (Phi) is 6.08. The molecule has 0 saturated carbocycles. The summed E-state index contributed by atoms with van der Waals surface area (Å²) in [5.41, 5.74) is 0.400. The van der Waals surface area contributed by atoms with E-state index in [9.17, 15) is 13.2 Å².